The van der Waals surface area contributed by atoms with Gasteiger partial charge >= 0.3 is 0 Å². The van der Waals surface area contributed by atoms with E-state index < -0.39 is 0 Å². The van der Waals surface area contributed by atoms with Gasteiger partial charge in [0.25, 0.3) is 0 Å². The van der Waals surface area contributed by atoms with Gasteiger partial charge in [0.1, 0.15) is 0 Å². The van der Waals surface area contributed by atoms with Crippen molar-refractivity contribution in [3.63, 3.8) is 0 Å². The summed E-state index contributed by atoms with van der Waals surface area (Å²) in [5.74, 6) is 5.56. The zero-order chi connectivity index (χ0) is 11.3. The number of aromatic nitrogens is 1. The molecule has 1 rings (SSSR count). The third-order valence-corrected chi connectivity index (χ3v) is 2.33. The van der Waals surface area contributed by atoms with Crippen molar-refractivity contribution >= 4 is 0 Å². The van der Waals surface area contributed by atoms with E-state index in [4.69, 9.17) is 5.84 Å². The van der Waals surface area contributed by atoms with Crippen LogP contribution in [-0.2, 0) is 6.42 Å². The molecule has 0 aliphatic rings. The Morgan fingerprint density at radius 1 is 1.33 bits per heavy atom. The summed E-state index contributed by atoms with van der Waals surface area (Å²) in [6.45, 7) is 6.68. The summed E-state index contributed by atoms with van der Waals surface area (Å²) >= 11 is 0. The minimum atomic E-state index is 0.296. The fraction of sp³-hybridized carbons (Fsp3) is 0.583. The van der Waals surface area contributed by atoms with E-state index in [1.165, 1.54) is 5.56 Å². The van der Waals surface area contributed by atoms with Crippen LogP contribution in [-0.4, -0.2) is 11.0 Å². The first-order chi connectivity index (χ1) is 7.01. The molecule has 1 heterocycles. The standard InChI is InChI=1S/C12H21N3/c1-12(2,3)9-11(15-13)8-10-4-6-14-7-5-10/h4-7,11,15H,8-9,13H2,1-3H3. The van der Waals surface area contributed by atoms with Crippen LogP contribution in [0.3, 0.4) is 0 Å². The van der Waals surface area contributed by atoms with Crippen molar-refractivity contribution in [3.8, 4) is 0 Å². The second kappa shape index (κ2) is 5.24. The van der Waals surface area contributed by atoms with Gasteiger partial charge in [0.15, 0.2) is 0 Å². The second-order valence-electron chi connectivity index (χ2n) is 5.19. The van der Waals surface area contributed by atoms with Gasteiger partial charge in [-0.05, 0) is 36.0 Å². The van der Waals surface area contributed by atoms with Gasteiger partial charge in [-0.15, -0.1) is 0 Å². The van der Waals surface area contributed by atoms with Crippen LogP contribution in [0.2, 0.25) is 0 Å². The summed E-state index contributed by atoms with van der Waals surface area (Å²) in [5.41, 5.74) is 4.46. The van der Waals surface area contributed by atoms with E-state index in [-0.39, 0.29) is 0 Å². The summed E-state index contributed by atoms with van der Waals surface area (Å²) < 4.78 is 0. The molecule has 0 radical (unpaired) electrons. The molecule has 3 N–H and O–H groups in total. The Morgan fingerprint density at radius 2 is 1.93 bits per heavy atom. The van der Waals surface area contributed by atoms with Crippen molar-refractivity contribution in [1.82, 2.24) is 10.4 Å². The molecule has 0 fully saturated rings. The summed E-state index contributed by atoms with van der Waals surface area (Å²) in [5, 5.41) is 0. The molecule has 0 bridgehead atoms. The largest absolute Gasteiger partial charge is 0.271 e. The molecule has 1 aromatic rings. The lowest BCUT2D eigenvalue weighted by Gasteiger charge is -2.25. The first-order valence-electron chi connectivity index (χ1n) is 5.36. The summed E-state index contributed by atoms with van der Waals surface area (Å²) in [7, 11) is 0. The van der Waals surface area contributed by atoms with Gasteiger partial charge in [0, 0.05) is 18.4 Å². The first kappa shape index (κ1) is 12.1. The van der Waals surface area contributed by atoms with Gasteiger partial charge in [-0.3, -0.25) is 16.3 Å². The average Bonchev–Trinajstić information content (AvgIpc) is 2.16. The summed E-state index contributed by atoms with van der Waals surface area (Å²) in [6.07, 6.45) is 5.65. The van der Waals surface area contributed by atoms with Crippen molar-refractivity contribution in [2.24, 2.45) is 11.3 Å². The highest BCUT2D eigenvalue weighted by Crippen LogP contribution is 2.22. The van der Waals surface area contributed by atoms with Gasteiger partial charge in [0.2, 0.25) is 0 Å². The molecular weight excluding hydrogens is 186 g/mol. The second-order valence-corrected chi connectivity index (χ2v) is 5.19. The van der Waals surface area contributed by atoms with Crippen LogP contribution in [0.4, 0.5) is 0 Å². The summed E-state index contributed by atoms with van der Waals surface area (Å²) in [6, 6.07) is 4.40. The van der Waals surface area contributed by atoms with Crippen molar-refractivity contribution in [2.45, 2.75) is 39.7 Å². The topological polar surface area (TPSA) is 50.9 Å². The monoisotopic (exact) mass is 207 g/mol. The predicted molar refractivity (Wildman–Crippen MR) is 63.1 cm³/mol. The van der Waals surface area contributed by atoms with Crippen LogP contribution in [0.1, 0.15) is 32.8 Å². The van der Waals surface area contributed by atoms with Crippen LogP contribution >= 0.6 is 0 Å². The molecule has 1 atom stereocenters. The Balaban J connectivity index is 2.55. The maximum Gasteiger partial charge on any atom is 0.0270 e. The zero-order valence-corrected chi connectivity index (χ0v) is 9.83. The SMILES string of the molecule is CC(C)(C)CC(Cc1ccncc1)NN. The van der Waals surface area contributed by atoms with Crippen molar-refractivity contribution in [1.29, 1.82) is 0 Å². The van der Waals surface area contributed by atoms with Gasteiger partial charge in [0.05, 0.1) is 0 Å². The fourth-order valence-electron chi connectivity index (χ4n) is 1.73. The van der Waals surface area contributed by atoms with E-state index in [2.05, 4.69) is 31.2 Å². The number of hydrogen-bond donors (Lipinski definition) is 2. The zero-order valence-electron chi connectivity index (χ0n) is 9.83. The normalized spacial score (nSPS) is 13.9. The Morgan fingerprint density at radius 3 is 2.40 bits per heavy atom. The molecule has 0 amide bonds. The Labute approximate surface area is 92.1 Å². The molecule has 0 aromatic carbocycles. The quantitative estimate of drug-likeness (QED) is 0.585. The maximum absolute atomic E-state index is 5.56. The Hall–Kier alpha value is -0.930. The van der Waals surface area contributed by atoms with Crippen LogP contribution in [0, 0.1) is 5.41 Å². The maximum atomic E-state index is 5.56. The van der Waals surface area contributed by atoms with E-state index in [0.29, 0.717) is 11.5 Å². The van der Waals surface area contributed by atoms with Gasteiger partial charge in [-0.25, -0.2) is 0 Å². The first-order valence-corrected chi connectivity index (χ1v) is 5.36. The van der Waals surface area contributed by atoms with Crippen molar-refractivity contribution in [2.75, 3.05) is 0 Å². The molecular formula is C12H21N3. The molecule has 0 saturated heterocycles. The number of nitrogens with two attached hydrogens (primary N) is 1. The number of rotatable bonds is 4. The highest BCUT2D eigenvalue weighted by molar-refractivity contribution is 5.11. The molecule has 3 heteroatoms. The third-order valence-electron chi connectivity index (χ3n) is 2.33. The van der Waals surface area contributed by atoms with E-state index in [0.717, 1.165) is 12.8 Å². The number of nitrogens with one attached hydrogen (secondary N) is 1. The van der Waals surface area contributed by atoms with Crippen LogP contribution in [0.5, 0.6) is 0 Å². The van der Waals surface area contributed by atoms with Crippen LogP contribution in [0.15, 0.2) is 24.5 Å². The molecule has 1 aromatic heterocycles. The minimum absolute atomic E-state index is 0.296. The Bertz CT molecular complexity index is 277. The van der Waals surface area contributed by atoms with Gasteiger partial charge in [-0.2, -0.15) is 0 Å². The average molecular weight is 207 g/mol. The predicted octanol–water partition coefficient (Wildman–Crippen LogP) is 1.89. The molecule has 0 aliphatic heterocycles. The molecule has 1 unspecified atom stereocenters. The lowest BCUT2D eigenvalue weighted by atomic mass is 9.86. The molecule has 0 spiro atoms. The van der Waals surface area contributed by atoms with Crippen LogP contribution < -0.4 is 11.3 Å². The number of hydrogen-bond acceptors (Lipinski definition) is 3. The van der Waals surface area contributed by atoms with Crippen molar-refractivity contribution in [3.05, 3.63) is 30.1 Å². The number of nitrogens with zero attached hydrogens (tertiary/aromatic N) is 1. The molecule has 3 nitrogen and oxygen atoms in total. The molecule has 0 saturated carbocycles. The van der Waals surface area contributed by atoms with E-state index in [1.807, 2.05) is 24.5 Å². The smallest absolute Gasteiger partial charge is 0.0270 e. The third kappa shape index (κ3) is 4.91. The van der Waals surface area contributed by atoms with Crippen LogP contribution in [0.25, 0.3) is 0 Å². The number of pyridine rings is 1. The molecule has 15 heavy (non-hydrogen) atoms. The fourth-order valence-corrected chi connectivity index (χ4v) is 1.73. The van der Waals surface area contributed by atoms with E-state index in [9.17, 15) is 0 Å². The van der Waals surface area contributed by atoms with Gasteiger partial charge in [-0.1, -0.05) is 20.8 Å². The highest BCUT2D eigenvalue weighted by Gasteiger charge is 2.17. The number of hydrazine groups is 1. The lowest BCUT2D eigenvalue weighted by Crippen LogP contribution is -2.39. The highest BCUT2D eigenvalue weighted by atomic mass is 15.2. The summed E-state index contributed by atoms with van der Waals surface area (Å²) in [4.78, 5) is 4.00. The minimum Gasteiger partial charge on any atom is -0.271 e. The van der Waals surface area contributed by atoms with E-state index in [1.54, 1.807) is 0 Å². The molecule has 84 valence electrons. The molecule has 0 aliphatic carbocycles. The van der Waals surface area contributed by atoms with E-state index >= 15 is 0 Å². The van der Waals surface area contributed by atoms with Gasteiger partial charge < -0.3 is 0 Å². The lowest BCUT2D eigenvalue weighted by molar-refractivity contribution is 0.308. The Kier molecular flexibility index (Phi) is 4.24. The van der Waals surface area contributed by atoms with Crippen molar-refractivity contribution < 1.29 is 0 Å².